The number of hydrogen-bond acceptors (Lipinski definition) is 0. The number of aryl methyl sites for hydroxylation is 2. The lowest BCUT2D eigenvalue weighted by atomic mass is 9.86. The third-order valence-corrected chi connectivity index (χ3v) is 8.66. The van der Waals surface area contributed by atoms with E-state index >= 15 is 0 Å². The van der Waals surface area contributed by atoms with E-state index in [9.17, 15) is 0 Å². The first-order valence-corrected chi connectivity index (χ1v) is 14.3. The van der Waals surface area contributed by atoms with Gasteiger partial charge in [-0.3, -0.25) is 0 Å². The van der Waals surface area contributed by atoms with Crippen LogP contribution in [0.25, 0.3) is 60.1 Å². The van der Waals surface area contributed by atoms with Gasteiger partial charge in [-0.15, -0.1) is 0 Å². The van der Waals surface area contributed by atoms with Crippen molar-refractivity contribution >= 4 is 48.9 Å². The number of pyridine rings is 1. The van der Waals surface area contributed by atoms with E-state index in [1.165, 1.54) is 76.8 Å². The second-order valence-electron chi connectivity index (χ2n) is 13.0. The van der Waals surface area contributed by atoms with Gasteiger partial charge >= 0.3 is 0 Å². The van der Waals surface area contributed by atoms with Crippen molar-refractivity contribution in [2.45, 2.75) is 53.9 Å². The van der Waals surface area contributed by atoms with Crippen LogP contribution in [0.5, 0.6) is 0 Å². The second kappa shape index (κ2) is 8.29. The lowest BCUT2D eigenvalue weighted by Gasteiger charge is -2.19. The van der Waals surface area contributed by atoms with Crippen LogP contribution < -0.4 is 4.57 Å². The van der Waals surface area contributed by atoms with E-state index in [2.05, 4.69) is 137 Å². The molecule has 0 bridgehead atoms. The lowest BCUT2D eigenvalue weighted by molar-refractivity contribution is -0.659. The third kappa shape index (κ3) is 3.44. The molecule has 0 aliphatic carbocycles. The highest BCUT2D eigenvalue weighted by Crippen LogP contribution is 2.45. The van der Waals surface area contributed by atoms with Crippen LogP contribution in [0.1, 0.15) is 57.2 Å². The molecular weight excluding hydrogens is 472 g/mol. The molecule has 0 spiro atoms. The van der Waals surface area contributed by atoms with Gasteiger partial charge in [0.05, 0.1) is 16.6 Å². The van der Waals surface area contributed by atoms with E-state index in [-0.39, 0.29) is 5.41 Å². The van der Waals surface area contributed by atoms with E-state index in [0.29, 0.717) is 5.92 Å². The zero-order chi connectivity index (χ0) is 27.2. The van der Waals surface area contributed by atoms with Crippen LogP contribution in [-0.4, -0.2) is 4.40 Å². The summed E-state index contributed by atoms with van der Waals surface area (Å²) in [6.07, 6.45) is 3.30. The highest BCUT2D eigenvalue weighted by Gasteiger charge is 2.28. The highest BCUT2D eigenvalue weighted by atomic mass is 15.0. The second-order valence-corrected chi connectivity index (χ2v) is 13.0. The van der Waals surface area contributed by atoms with E-state index in [0.717, 1.165) is 6.42 Å². The van der Waals surface area contributed by atoms with E-state index in [1.54, 1.807) is 0 Å². The normalized spacial score (nSPS) is 12.8. The number of aromatic nitrogens is 2. The smallest absolute Gasteiger partial charge is 0.237 e. The molecule has 7 rings (SSSR count). The van der Waals surface area contributed by atoms with Gasteiger partial charge < -0.3 is 4.40 Å². The predicted molar refractivity (Wildman–Crippen MR) is 167 cm³/mol. The van der Waals surface area contributed by atoms with Crippen molar-refractivity contribution in [1.29, 1.82) is 0 Å². The van der Waals surface area contributed by atoms with Crippen LogP contribution in [0.2, 0.25) is 0 Å². The molecule has 2 heteroatoms. The van der Waals surface area contributed by atoms with Crippen molar-refractivity contribution in [1.82, 2.24) is 4.40 Å². The Morgan fingerprint density at radius 1 is 0.769 bits per heavy atom. The van der Waals surface area contributed by atoms with Crippen LogP contribution in [0.3, 0.4) is 0 Å². The first-order chi connectivity index (χ1) is 18.7. The molecule has 0 saturated carbocycles. The number of hydrogen-bond donors (Lipinski definition) is 0. The Bertz CT molecular complexity index is 2060. The van der Waals surface area contributed by atoms with Crippen LogP contribution in [0, 0.1) is 12.3 Å². The molecule has 0 atom stereocenters. The Morgan fingerprint density at radius 2 is 1.44 bits per heavy atom. The summed E-state index contributed by atoms with van der Waals surface area (Å²) in [5.41, 5.74) is 11.0. The molecule has 2 nitrogen and oxygen atoms in total. The van der Waals surface area contributed by atoms with Gasteiger partial charge in [-0.05, 0) is 64.3 Å². The number of fused-ring (bicyclic) bond motifs is 7. The number of para-hydroxylation sites is 1. The summed E-state index contributed by atoms with van der Waals surface area (Å²) >= 11 is 0. The van der Waals surface area contributed by atoms with Crippen molar-refractivity contribution in [3.8, 4) is 11.3 Å². The van der Waals surface area contributed by atoms with Crippen molar-refractivity contribution in [2.75, 3.05) is 0 Å². The summed E-state index contributed by atoms with van der Waals surface area (Å²) in [4.78, 5) is 0. The molecule has 0 N–H and O–H groups in total. The number of benzene rings is 4. The molecule has 39 heavy (non-hydrogen) atoms. The van der Waals surface area contributed by atoms with Crippen molar-refractivity contribution in [2.24, 2.45) is 12.5 Å². The van der Waals surface area contributed by atoms with Crippen LogP contribution in [-0.2, 0) is 13.5 Å². The molecule has 0 aliphatic rings. The fourth-order valence-electron chi connectivity index (χ4n) is 7.00. The van der Waals surface area contributed by atoms with Crippen LogP contribution in [0.15, 0.2) is 79.0 Å². The molecule has 7 aromatic rings. The van der Waals surface area contributed by atoms with Crippen molar-refractivity contribution < 1.29 is 4.57 Å². The minimum absolute atomic E-state index is 0.214. The van der Waals surface area contributed by atoms with Gasteiger partial charge in [0.15, 0.2) is 6.20 Å². The van der Waals surface area contributed by atoms with E-state index < -0.39 is 0 Å². The number of nitrogens with zero attached hydrogens (tertiary/aromatic N) is 2. The van der Waals surface area contributed by atoms with Gasteiger partial charge in [-0.1, -0.05) is 89.2 Å². The minimum Gasteiger partial charge on any atom is -0.302 e. The summed E-state index contributed by atoms with van der Waals surface area (Å²) in [5.74, 6) is 0.438. The van der Waals surface area contributed by atoms with Crippen molar-refractivity contribution in [3.05, 3.63) is 95.7 Å². The molecule has 0 radical (unpaired) electrons. The largest absolute Gasteiger partial charge is 0.302 e. The Labute approximate surface area is 230 Å². The minimum atomic E-state index is 0.214. The monoisotopic (exact) mass is 509 g/mol. The van der Waals surface area contributed by atoms with Gasteiger partial charge in [0.2, 0.25) is 5.69 Å². The molecule has 3 aromatic heterocycles. The molecule has 3 heterocycles. The maximum atomic E-state index is 2.57. The summed E-state index contributed by atoms with van der Waals surface area (Å²) in [7, 11) is 2.20. The van der Waals surface area contributed by atoms with Gasteiger partial charge in [0.25, 0.3) is 0 Å². The fraction of sp³-hybridized carbons (Fsp3) is 0.270. The topological polar surface area (TPSA) is 8.29 Å². The first kappa shape index (κ1) is 24.2. The van der Waals surface area contributed by atoms with Gasteiger partial charge in [-0.25, -0.2) is 0 Å². The third-order valence-electron chi connectivity index (χ3n) is 8.66. The molecule has 0 fully saturated rings. The lowest BCUT2D eigenvalue weighted by Crippen LogP contribution is -2.31. The Hall–Kier alpha value is -3.91. The Balaban J connectivity index is 1.70. The zero-order valence-corrected chi connectivity index (χ0v) is 24.2. The predicted octanol–water partition coefficient (Wildman–Crippen LogP) is 9.50. The molecule has 0 saturated heterocycles. The van der Waals surface area contributed by atoms with Gasteiger partial charge in [0, 0.05) is 27.6 Å². The number of rotatable bonds is 3. The Morgan fingerprint density at radius 3 is 2.15 bits per heavy atom. The average molecular weight is 510 g/mol. The molecule has 0 aliphatic heterocycles. The fourth-order valence-corrected chi connectivity index (χ4v) is 7.00. The summed E-state index contributed by atoms with van der Waals surface area (Å²) in [6.45, 7) is 13.9. The molecule has 194 valence electrons. The maximum absolute atomic E-state index is 2.57. The van der Waals surface area contributed by atoms with Crippen molar-refractivity contribution in [3.63, 3.8) is 0 Å². The van der Waals surface area contributed by atoms with Crippen LogP contribution >= 0.6 is 0 Å². The standard InChI is InChI=1S/C37H37N2/c1-22(2)30-20-31(23(3)25-12-8-9-13-26(25)30)35-36-28(18-19-38(35)7)27-17-16-24(21-37(4,5)6)33-29-14-10-11-15-32(29)39(36)34(27)33/h8-20,22H,21H2,1-7H3/q+1. The summed E-state index contributed by atoms with van der Waals surface area (Å²) in [5, 5.41) is 8.17. The quantitative estimate of drug-likeness (QED) is 0.210. The molecular formula is C37H37N2+. The maximum Gasteiger partial charge on any atom is 0.237 e. The summed E-state index contributed by atoms with van der Waals surface area (Å²) < 4.78 is 4.91. The first-order valence-electron chi connectivity index (χ1n) is 14.3. The van der Waals surface area contributed by atoms with Gasteiger partial charge in [-0.2, -0.15) is 4.57 Å². The molecule has 4 aromatic carbocycles. The summed E-state index contributed by atoms with van der Waals surface area (Å²) in [6, 6.07) is 27.5. The van der Waals surface area contributed by atoms with Crippen LogP contribution in [0.4, 0.5) is 0 Å². The SMILES string of the molecule is Cc1c(-c2c3c(cc[n+]2C)c2ccc(CC(C)(C)C)c4c5ccccc5n3c24)cc(C(C)C)c2ccccc12. The van der Waals surface area contributed by atoms with E-state index in [1.807, 2.05) is 0 Å². The van der Waals surface area contributed by atoms with E-state index in [4.69, 9.17) is 0 Å². The Kier molecular flexibility index (Phi) is 5.14. The molecule has 0 unspecified atom stereocenters. The molecule has 0 amide bonds. The zero-order valence-electron chi connectivity index (χ0n) is 24.2. The van der Waals surface area contributed by atoms with Gasteiger partial charge in [0.1, 0.15) is 12.6 Å². The average Bonchev–Trinajstić information content (AvgIpc) is 3.41. The highest BCUT2D eigenvalue weighted by molar-refractivity contribution is 6.25.